The van der Waals surface area contributed by atoms with Crippen molar-refractivity contribution < 1.29 is 27.8 Å². The molecule has 0 aliphatic carbocycles. The van der Waals surface area contributed by atoms with Crippen LogP contribution in [0.2, 0.25) is 0 Å². The fraction of sp³-hybridized carbons (Fsp3) is 0.400. The number of allylic oxidation sites excluding steroid dienone is 5. The molecule has 1 saturated heterocycles. The van der Waals surface area contributed by atoms with Gasteiger partial charge in [0.15, 0.2) is 0 Å². The van der Waals surface area contributed by atoms with Gasteiger partial charge in [-0.05, 0) is 86.3 Å². The fourth-order valence-corrected chi connectivity index (χ4v) is 7.30. The summed E-state index contributed by atoms with van der Waals surface area (Å²) in [6, 6.07) is 12.4. The third-order valence-electron chi connectivity index (χ3n) is 9.01. The second kappa shape index (κ2) is 16.8. The minimum atomic E-state index is -4.25. The minimum Gasteiger partial charge on any atom is -0.478 e. The van der Waals surface area contributed by atoms with E-state index in [0.717, 1.165) is 66.1 Å². The van der Waals surface area contributed by atoms with Gasteiger partial charge in [-0.15, -0.1) is 0 Å². The van der Waals surface area contributed by atoms with Crippen molar-refractivity contribution in [1.82, 2.24) is 15.3 Å². The van der Waals surface area contributed by atoms with Crippen LogP contribution in [0.3, 0.4) is 0 Å². The van der Waals surface area contributed by atoms with E-state index < -0.39 is 16.0 Å². The Morgan fingerprint density at radius 2 is 1.77 bits per heavy atom. The van der Waals surface area contributed by atoms with Crippen LogP contribution in [0.15, 0.2) is 94.0 Å². The van der Waals surface area contributed by atoms with Crippen molar-refractivity contribution >= 4 is 28.2 Å². The van der Waals surface area contributed by atoms with Crippen molar-refractivity contribution in [1.29, 1.82) is 0 Å². The molecule has 11 nitrogen and oxygen atoms in total. The van der Waals surface area contributed by atoms with Crippen LogP contribution >= 0.6 is 0 Å². The highest BCUT2D eigenvalue weighted by Gasteiger charge is 2.30. The van der Waals surface area contributed by atoms with Crippen molar-refractivity contribution in [3.8, 4) is 17.1 Å². The first-order chi connectivity index (χ1) is 24.7. The summed E-state index contributed by atoms with van der Waals surface area (Å²) in [5, 5.41) is 13.2. The topological polar surface area (TPSA) is 152 Å². The normalized spacial score (nSPS) is 22.6. The van der Waals surface area contributed by atoms with Crippen molar-refractivity contribution in [2.75, 3.05) is 18.4 Å². The van der Waals surface area contributed by atoms with Gasteiger partial charge in [0, 0.05) is 31.0 Å². The van der Waals surface area contributed by atoms with Crippen molar-refractivity contribution in [3.63, 3.8) is 0 Å². The summed E-state index contributed by atoms with van der Waals surface area (Å²) in [6.45, 7) is 10.6. The first kappa shape index (κ1) is 38.6. The lowest BCUT2D eigenvalue weighted by molar-refractivity contribution is 0.0477. The molecular formula is C40H49N5O6S. The van der Waals surface area contributed by atoms with E-state index >= 15 is 0 Å². The number of hydrogen-bond donors (Lipinski definition) is 3. The maximum absolute atomic E-state index is 13.5. The summed E-state index contributed by atoms with van der Waals surface area (Å²) in [5.74, 6) is -1.27. The number of aliphatic imine (C=N–C) groups is 1. The number of nitrogens with zero attached hydrogens (tertiary/aromatic N) is 3. The van der Waals surface area contributed by atoms with E-state index in [1.54, 1.807) is 13.2 Å². The number of aromatic carboxylic acids is 1. The molecule has 52 heavy (non-hydrogen) atoms. The Hall–Kier alpha value is -4.65. The summed E-state index contributed by atoms with van der Waals surface area (Å²) in [5.41, 5.74) is 5.18. The van der Waals surface area contributed by atoms with E-state index in [2.05, 4.69) is 65.1 Å². The lowest BCUT2D eigenvalue weighted by Crippen LogP contribution is -2.48. The van der Waals surface area contributed by atoms with Gasteiger partial charge in [0.2, 0.25) is 11.8 Å². The number of carbonyl (C=O) groups is 1. The Morgan fingerprint density at radius 1 is 1.04 bits per heavy atom. The van der Waals surface area contributed by atoms with Gasteiger partial charge in [0.25, 0.3) is 10.0 Å². The van der Waals surface area contributed by atoms with Gasteiger partial charge in [-0.2, -0.15) is 4.98 Å². The minimum absolute atomic E-state index is 0.0181. The Balaban J connectivity index is 1.42. The molecule has 1 aromatic heterocycles. The molecule has 3 heterocycles. The summed E-state index contributed by atoms with van der Waals surface area (Å²) < 4.78 is 41.7. The number of ether oxygens (including phenoxy) is 2. The molecule has 0 radical (unpaired) electrons. The Kier molecular flexibility index (Phi) is 12.5. The number of carboxylic acids is 1. The highest BCUT2D eigenvalue weighted by Crippen LogP contribution is 2.30. The first-order valence-electron chi connectivity index (χ1n) is 17.6. The zero-order valence-corrected chi connectivity index (χ0v) is 31.5. The SMILES string of the molecule is CO[C@@H]1CCC[C@@H](C2=C\CC\C=C(C=CC(C)(C)C)/C=N/2)N[C@H]1COc1cc(-c2c(C)cccc2C)nc(NS(=O)(=O)c2cccc(C(=O)O)c2)n1. The van der Waals surface area contributed by atoms with Gasteiger partial charge >= 0.3 is 5.97 Å². The van der Waals surface area contributed by atoms with E-state index in [1.807, 2.05) is 38.3 Å². The largest absolute Gasteiger partial charge is 0.478 e. The number of carboxylic acid groups (broad SMARTS) is 1. The van der Waals surface area contributed by atoms with Crippen molar-refractivity contribution in [3.05, 3.63) is 101 Å². The molecule has 2 aliphatic rings. The number of aryl methyl sites for hydroxylation is 2. The molecule has 0 unspecified atom stereocenters. The van der Waals surface area contributed by atoms with Gasteiger partial charge in [0.1, 0.15) is 6.61 Å². The quantitative estimate of drug-likeness (QED) is 0.183. The van der Waals surface area contributed by atoms with Crippen molar-refractivity contribution in [2.24, 2.45) is 10.4 Å². The van der Waals surface area contributed by atoms with Gasteiger partial charge in [-0.3, -0.25) is 4.99 Å². The second-order valence-electron chi connectivity index (χ2n) is 14.3. The summed E-state index contributed by atoms with van der Waals surface area (Å²) >= 11 is 0. The zero-order valence-electron chi connectivity index (χ0n) is 30.7. The Morgan fingerprint density at radius 3 is 2.48 bits per heavy atom. The molecule has 3 aromatic rings. The standard InChI is InChI=1S/C40H49N5O6S/c1-26-12-9-13-27(2)37(26)33-23-36(44-39(43-33)45-52(48,49)30-16-10-15-29(22-30)38(46)47)51-25-34-35(50-6)19-11-18-32(42-34)31-17-8-7-14-28(24-41-31)20-21-40(3,4)5/h9-10,12-17,20-24,32,34-35,42H,7-8,11,18-19,25H2,1-6H3,(H,46,47)(H,43,44,45)/b21-20?,28-14-,31-17-,41-24+/t32-,34-,35+/m0/s1. The van der Waals surface area contributed by atoms with E-state index in [4.69, 9.17) is 14.5 Å². The number of hydrogen-bond acceptors (Lipinski definition) is 9. The number of anilines is 1. The predicted molar refractivity (Wildman–Crippen MR) is 204 cm³/mol. The summed E-state index contributed by atoms with van der Waals surface area (Å²) in [7, 11) is -2.56. The maximum Gasteiger partial charge on any atom is 0.335 e. The smallest absolute Gasteiger partial charge is 0.335 e. The van der Waals surface area contributed by atoms with Gasteiger partial charge in [-0.25, -0.2) is 22.9 Å². The van der Waals surface area contributed by atoms with E-state index in [-0.39, 0.29) is 52.5 Å². The van der Waals surface area contributed by atoms with Crippen LogP contribution in [-0.4, -0.2) is 67.6 Å². The average Bonchev–Trinajstić information content (AvgIpc) is 3.28. The van der Waals surface area contributed by atoms with Crippen LogP contribution in [0.4, 0.5) is 5.95 Å². The maximum atomic E-state index is 13.5. The number of methoxy groups -OCH3 is 1. The molecule has 0 spiro atoms. The number of rotatable bonds is 11. The molecule has 0 bridgehead atoms. The molecule has 2 aliphatic heterocycles. The van der Waals surface area contributed by atoms with Crippen LogP contribution in [0, 0.1) is 19.3 Å². The number of sulfonamides is 1. The molecule has 276 valence electrons. The summed E-state index contributed by atoms with van der Waals surface area (Å²) in [6.07, 6.45) is 15.0. The lowest BCUT2D eigenvalue weighted by atomic mass is 9.95. The monoisotopic (exact) mass is 727 g/mol. The molecule has 0 saturated carbocycles. The summed E-state index contributed by atoms with van der Waals surface area (Å²) in [4.78, 5) is 25.3. The van der Waals surface area contributed by atoms with Crippen LogP contribution in [0.5, 0.6) is 5.88 Å². The number of benzene rings is 2. The van der Waals surface area contributed by atoms with Gasteiger partial charge in [0.05, 0.1) is 34.0 Å². The lowest BCUT2D eigenvalue weighted by Gasteiger charge is -2.28. The molecule has 5 rings (SSSR count). The predicted octanol–water partition coefficient (Wildman–Crippen LogP) is 7.44. The molecule has 12 heteroatoms. The molecule has 1 fully saturated rings. The van der Waals surface area contributed by atoms with Gasteiger partial charge in [-0.1, -0.05) is 69.3 Å². The molecule has 2 aromatic carbocycles. The Bertz CT molecular complexity index is 1980. The first-order valence-corrected chi connectivity index (χ1v) is 19.1. The highest BCUT2D eigenvalue weighted by atomic mass is 32.2. The van der Waals surface area contributed by atoms with E-state index in [1.165, 1.54) is 18.2 Å². The number of nitrogens with one attached hydrogen (secondary N) is 2. The zero-order chi connectivity index (χ0) is 37.5. The second-order valence-corrected chi connectivity index (χ2v) is 16.0. The molecule has 3 N–H and O–H groups in total. The molecule has 0 amide bonds. The highest BCUT2D eigenvalue weighted by molar-refractivity contribution is 7.92. The molecular weight excluding hydrogens is 679 g/mol. The van der Waals surface area contributed by atoms with Crippen molar-refractivity contribution in [2.45, 2.75) is 89.8 Å². The van der Waals surface area contributed by atoms with Crippen LogP contribution in [-0.2, 0) is 14.8 Å². The van der Waals surface area contributed by atoms with Crippen LogP contribution in [0.1, 0.15) is 74.4 Å². The third-order valence-corrected chi connectivity index (χ3v) is 10.3. The Labute approximate surface area is 307 Å². The number of aromatic nitrogens is 2. The van der Waals surface area contributed by atoms with E-state index in [0.29, 0.717) is 5.69 Å². The van der Waals surface area contributed by atoms with Gasteiger partial charge < -0.3 is 19.9 Å². The van der Waals surface area contributed by atoms with Crippen LogP contribution < -0.4 is 14.8 Å². The van der Waals surface area contributed by atoms with E-state index in [9.17, 15) is 18.3 Å². The fourth-order valence-electron chi connectivity index (χ4n) is 6.31. The average molecular weight is 728 g/mol. The molecule has 3 atom stereocenters. The van der Waals surface area contributed by atoms with Crippen LogP contribution in [0.25, 0.3) is 11.3 Å². The third kappa shape index (κ3) is 10.2.